The molecule has 0 saturated heterocycles. The first-order valence-corrected chi connectivity index (χ1v) is 7.17. The van der Waals surface area contributed by atoms with Crippen molar-refractivity contribution < 1.29 is 0 Å². The molecule has 0 aromatic carbocycles. The number of rotatable bonds is 7. The molecule has 0 amide bonds. The van der Waals surface area contributed by atoms with Gasteiger partial charge in [-0.1, -0.05) is 13.8 Å². The lowest BCUT2D eigenvalue weighted by atomic mass is 10.1. The molecule has 2 rings (SSSR count). The summed E-state index contributed by atoms with van der Waals surface area (Å²) in [4.78, 5) is 16.5. The topological polar surface area (TPSA) is 64.7 Å². The SMILES string of the molecule is CC(C)CCCNCCn1cnc2c(cnn2C)c1=O. The standard InChI is InChI=1S/C14H23N5O/c1-11(2)5-4-6-15-7-8-19-10-16-13-12(14(19)20)9-17-18(13)3/h9-11,15H,4-8H2,1-3H3. The molecule has 0 radical (unpaired) electrons. The van der Waals surface area contributed by atoms with Crippen LogP contribution in [0.2, 0.25) is 0 Å². The second-order valence-electron chi connectivity index (χ2n) is 5.53. The summed E-state index contributed by atoms with van der Waals surface area (Å²) in [5.74, 6) is 0.747. The smallest absolute Gasteiger partial charge is 0.264 e. The van der Waals surface area contributed by atoms with E-state index in [1.807, 2.05) is 0 Å². The zero-order chi connectivity index (χ0) is 14.5. The Balaban J connectivity index is 1.87. The molecule has 0 fully saturated rings. The van der Waals surface area contributed by atoms with Crippen LogP contribution in [0.25, 0.3) is 11.0 Å². The highest BCUT2D eigenvalue weighted by Crippen LogP contribution is 2.03. The van der Waals surface area contributed by atoms with Gasteiger partial charge in [-0.3, -0.25) is 14.0 Å². The van der Waals surface area contributed by atoms with Gasteiger partial charge in [0.2, 0.25) is 0 Å². The summed E-state index contributed by atoms with van der Waals surface area (Å²) in [5.41, 5.74) is 0.614. The Bertz CT molecular complexity index is 614. The maximum atomic E-state index is 12.2. The molecule has 0 unspecified atom stereocenters. The van der Waals surface area contributed by atoms with E-state index in [0.717, 1.165) is 19.0 Å². The van der Waals surface area contributed by atoms with E-state index in [9.17, 15) is 4.79 Å². The normalized spacial score (nSPS) is 11.6. The zero-order valence-corrected chi connectivity index (χ0v) is 12.5. The van der Waals surface area contributed by atoms with Gasteiger partial charge in [-0.05, 0) is 25.3 Å². The predicted molar refractivity (Wildman–Crippen MR) is 79.7 cm³/mol. The molecule has 0 spiro atoms. The summed E-state index contributed by atoms with van der Waals surface area (Å²) < 4.78 is 3.25. The minimum atomic E-state index is -0.0212. The monoisotopic (exact) mass is 277 g/mol. The Hall–Kier alpha value is -1.69. The maximum absolute atomic E-state index is 12.2. The lowest BCUT2D eigenvalue weighted by Crippen LogP contribution is -2.27. The Morgan fingerprint density at radius 2 is 2.15 bits per heavy atom. The zero-order valence-electron chi connectivity index (χ0n) is 12.5. The molecule has 1 N–H and O–H groups in total. The molecule has 0 saturated carbocycles. The van der Waals surface area contributed by atoms with E-state index in [4.69, 9.17) is 0 Å². The fourth-order valence-electron chi connectivity index (χ4n) is 2.19. The van der Waals surface area contributed by atoms with Crippen molar-refractivity contribution in [2.45, 2.75) is 33.2 Å². The number of fused-ring (bicyclic) bond motifs is 1. The first-order valence-electron chi connectivity index (χ1n) is 7.17. The van der Waals surface area contributed by atoms with Crippen LogP contribution in [0.4, 0.5) is 0 Å². The van der Waals surface area contributed by atoms with Crippen molar-refractivity contribution in [2.75, 3.05) is 13.1 Å². The third kappa shape index (κ3) is 3.45. The van der Waals surface area contributed by atoms with Gasteiger partial charge in [0.05, 0.1) is 6.20 Å². The van der Waals surface area contributed by atoms with E-state index < -0.39 is 0 Å². The Kier molecular flexibility index (Phi) is 4.89. The van der Waals surface area contributed by atoms with Gasteiger partial charge in [-0.2, -0.15) is 5.10 Å². The van der Waals surface area contributed by atoms with Gasteiger partial charge in [0, 0.05) is 20.1 Å². The quantitative estimate of drug-likeness (QED) is 0.771. The summed E-state index contributed by atoms with van der Waals surface area (Å²) in [6.45, 7) is 6.88. The number of aromatic nitrogens is 4. The summed E-state index contributed by atoms with van der Waals surface area (Å²) in [7, 11) is 1.79. The van der Waals surface area contributed by atoms with E-state index >= 15 is 0 Å². The molecular weight excluding hydrogens is 254 g/mol. The van der Waals surface area contributed by atoms with Gasteiger partial charge in [-0.15, -0.1) is 0 Å². The van der Waals surface area contributed by atoms with Crippen LogP contribution in [0.1, 0.15) is 26.7 Å². The first kappa shape index (κ1) is 14.7. The molecule has 0 bridgehead atoms. The molecule has 6 nitrogen and oxygen atoms in total. The molecule has 0 aliphatic carbocycles. The molecular formula is C14H23N5O. The van der Waals surface area contributed by atoms with Gasteiger partial charge in [0.15, 0.2) is 5.65 Å². The van der Waals surface area contributed by atoms with Crippen molar-refractivity contribution in [1.82, 2.24) is 24.6 Å². The van der Waals surface area contributed by atoms with Crippen molar-refractivity contribution in [1.29, 1.82) is 0 Å². The highest BCUT2D eigenvalue weighted by Gasteiger charge is 2.07. The minimum absolute atomic E-state index is 0.0212. The van der Waals surface area contributed by atoms with Gasteiger partial charge >= 0.3 is 0 Å². The fraction of sp³-hybridized carbons (Fsp3) is 0.643. The first-order chi connectivity index (χ1) is 9.59. The number of hydrogen-bond donors (Lipinski definition) is 1. The summed E-state index contributed by atoms with van der Waals surface area (Å²) in [6.07, 6.45) is 5.59. The van der Waals surface area contributed by atoms with E-state index in [0.29, 0.717) is 17.6 Å². The van der Waals surface area contributed by atoms with Crippen LogP contribution >= 0.6 is 0 Å². The van der Waals surface area contributed by atoms with Gasteiger partial charge < -0.3 is 5.32 Å². The van der Waals surface area contributed by atoms with Gasteiger partial charge in [0.1, 0.15) is 11.7 Å². The van der Waals surface area contributed by atoms with Crippen molar-refractivity contribution in [3.63, 3.8) is 0 Å². The third-order valence-corrected chi connectivity index (χ3v) is 3.38. The maximum Gasteiger partial charge on any atom is 0.264 e. The summed E-state index contributed by atoms with van der Waals surface area (Å²) in [6, 6.07) is 0. The van der Waals surface area contributed by atoms with Gasteiger partial charge in [-0.25, -0.2) is 4.98 Å². The van der Waals surface area contributed by atoms with Crippen molar-refractivity contribution in [2.24, 2.45) is 13.0 Å². The lowest BCUT2D eigenvalue weighted by Gasteiger charge is -2.08. The lowest BCUT2D eigenvalue weighted by molar-refractivity contribution is 0.512. The number of nitrogens with one attached hydrogen (secondary N) is 1. The van der Waals surface area contributed by atoms with Crippen LogP contribution in [-0.4, -0.2) is 32.4 Å². The molecule has 0 aliphatic rings. The van der Waals surface area contributed by atoms with Crippen LogP contribution in [-0.2, 0) is 13.6 Å². The largest absolute Gasteiger partial charge is 0.315 e. The molecule has 6 heteroatoms. The predicted octanol–water partition coefficient (Wildman–Crippen LogP) is 1.16. The van der Waals surface area contributed by atoms with Crippen LogP contribution in [0.3, 0.4) is 0 Å². The van der Waals surface area contributed by atoms with Crippen LogP contribution in [0.5, 0.6) is 0 Å². The van der Waals surface area contributed by atoms with Crippen molar-refractivity contribution >= 4 is 11.0 Å². The van der Waals surface area contributed by atoms with E-state index in [1.54, 1.807) is 28.8 Å². The Morgan fingerprint density at radius 1 is 1.35 bits per heavy atom. The van der Waals surface area contributed by atoms with E-state index in [2.05, 4.69) is 29.2 Å². The van der Waals surface area contributed by atoms with Crippen LogP contribution in [0.15, 0.2) is 17.3 Å². The average Bonchev–Trinajstić information content (AvgIpc) is 2.78. The number of aryl methyl sites for hydroxylation is 1. The minimum Gasteiger partial charge on any atom is -0.315 e. The fourth-order valence-corrected chi connectivity index (χ4v) is 2.19. The van der Waals surface area contributed by atoms with E-state index in [1.165, 1.54) is 12.8 Å². The van der Waals surface area contributed by atoms with Crippen LogP contribution < -0.4 is 10.9 Å². The number of hydrogen-bond acceptors (Lipinski definition) is 4. The molecule has 2 aromatic heterocycles. The molecule has 2 heterocycles. The molecule has 110 valence electrons. The summed E-state index contributed by atoms with van der Waals surface area (Å²) >= 11 is 0. The molecule has 2 aromatic rings. The van der Waals surface area contributed by atoms with Crippen molar-refractivity contribution in [3.8, 4) is 0 Å². The summed E-state index contributed by atoms with van der Waals surface area (Å²) in [5, 5.41) is 8.00. The average molecular weight is 277 g/mol. The van der Waals surface area contributed by atoms with E-state index in [-0.39, 0.29) is 5.56 Å². The van der Waals surface area contributed by atoms with Gasteiger partial charge in [0.25, 0.3) is 5.56 Å². The molecule has 0 aliphatic heterocycles. The molecule has 20 heavy (non-hydrogen) atoms. The second kappa shape index (κ2) is 6.65. The second-order valence-corrected chi connectivity index (χ2v) is 5.53. The Labute approximate surface area is 118 Å². The third-order valence-electron chi connectivity index (χ3n) is 3.38. The molecule has 0 atom stereocenters. The van der Waals surface area contributed by atoms with Crippen molar-refractivity contribution in [3.05, 3.63) is 22.9 Å². The number of nitrogens with zero attached hydrogens (tertiary/aromatic N) is 4. The van der Waals surface area contributed by atoms with Crippen LogP contribution in [0, 0.1) is 5.92 Å². The highest BCUT2D eigenvalue weighted by molar-refractivity contribution is 5.72. The highest BCUT2D eigenvalue weighted by atomic mass is 16.1. The Morgan fingerprint density at radius 3 is 2.90 bits per heavy atom.